The third-order valence-electron chi connectivity index (χ3n) is 4.57. The van der Waals surface area contributed by atoms with Crippen molar-refractivity contribution in [2.45, 2.75) is 13.5 Å². The molecule has 0 unspecified atom stereocenters. The van der Waals surface area contributed by atoms with Crippen molar-refractivity contribution in [3.63, 3.8) is 0 Å². The van der Waals surface area contributed by atoms with Crippen LogP contribution in [0.3, 0.4) is 0 Å². The SMILES string of the molecule is Cc1ccc(-c2ccc(/C=C3\SC(=S)N(Cc4ccccc4)C3=O)o2)c([N+](=O)[O-])c1. The second-order valence-corrected chi connectivity index (χ2v) is 8.41. The zero-order chi connectivity index (χ0) is 21.3. The summed E-state index contributed by atoms with van der Waals surface area (Å²) in [7, 11) is 0. The highest BCUT2D eigenvalue weighted by Crippen LogP contribution is 2.36. The lowest BCUT2D eigenvalue weighted by molar-refractivity contribution is -0.384. The number of amides is 1. The number of nitro groups is 1. The van der Waals surface area contributed by atoms with Crippen LogP contribution in [0.2, 0.25) is 0 Å². The summed E-state index contributed by atoms with van der Waals surface area (Å²) in [6, 6.07) is 17.9. The van der Waals surface area contributed by atoms with E-state index in [1.807, 2.05) is 30.3 Å². The molecule has 1 aliphatic heterocycles. The first-order chi connectivity index (χ1) is 14.4. The van der Waals surface area contributed by atoms with Gasteiger partial charge in [0.1, 0.15) is 15.8 Å². The van der Waals surface area contributed by atoms with Gasteiger partial charge in [-0.15, -0.1) is 0 Å². The molecule has 0 atom stereocenters. The number of furan rings is 1. The average Bonchev–Trinajstić information content (AvgIpc) is 3.29. The number of benzene rings is 2. The van der Waals surface area contributed by atoms with Gasteiger partial charge in [0.2, 0.25) is 0 Å². The summed E-state index contributed by atoms with van der Waals surface area (Å²) >= 11 is 6.58. The zero-order valence-electron chi connectivity index (χ0n) is 15.9. The van der Waals surface area contributed by atoms with Crippen molar-refractivity contribution in [2.24, 2.45) is 0 Å². The summed E-state index contributed by atoms with van der Waals surface area (Å²) < 4.78 is 6.27. The number of hydrogen-bond acceptors (Lipinski definition) is 6. The Hall–Kier alpha value is -3.23. The van der Waals surface area contributed by atoms with Crippen LogP contribution in [0, 0.1) is 17.0 Å². The van der Waals surface area contributed by atoms with Gasteiger partial charge in [0, 0.05) is 12.1 Å². The highest BCUT2D eigenvalue weighted by Gasteiger charge is 2.32. The van der Waals surface area contributed by atoms with E-state index in [2.05, 4.69) is 0 Å². The summed E-state index contributed by atoms with van der Waals surface area (Å²) in [4.78, 5) is 25.8. The highest BCUT2D eigenvalue weighted by molar-refractivity contribution is 8.26. The minimum absolute atomic E-state index is 0.0231. The van der Waals surface area contributed by atoms with Crippen molar-refractivity contribution in [1.82, 2.24) is 4.90 Å². The first-order valence-corrected chi connectivity index (χ1v) is 10.3. The van der Waals surface area contributed by atoms with Gasteiger partial charge in [-0.1, -0.05) is 60.4 Å². The molecule has 0 bridgehead atoms. The molecule has 0 saturated carbocycles. The van der Waals surface area contributed by atoms with Crippen LogP contribution in [0.25, 0.3) is 17.4 Å². The number of aryl methyl sites for hydroxylation is 1. The van der Waals surface area contributed by atoms with Crippen molar-refractivity contribution in [3.05, 3.63) is 92.6 Å². The van der Waals surface area contributed by atoms with Gasteiger partial charge in [0.15, 0.2) is 0 Å². The fourth-order valence-corrected chi connectivity index (χ4v) is 4.34. The maximum Gasteiger partial charge on any atom is 0.280 e. The average molecular weight is 437 g/mol. The predicted molar refractivity (Wildman–Crippen MR) is 121 cm³/mol. The van der Waals surface area contributed by atoms with Crippen LogP contribution >= 0.6 is 24.0 Å². The lowest BCUT2D eigenvalue weighted by atomic mass is 10.1. The van der Waals surface area contributed by atoms with Gasteiger partial charge in [-0.2, -0.15) is 0 Å². The molecular weight excluding hydrogens is 420 g/mol. The fraction of sp³-hybridized carbons (Fsp3) is 0.0909. The van der Waals surface area contributed by atoms with Crippen LogP contribution in [-0.4, -0.2) is 20.1 Å². The maximum absolute atomic E-state index is 12.8. The minimum atomic E-state index is -0.431. The van der Waals surface area contributed by atoms with E-state index in [0.717, 1.165) is 11.1 Å². The van der Waals surface area contributed by atoms with Gasteiger partial charge in [0.05, 0.1) is 21.9 Å². The Morgan fingerprint density at radius 3 is 2.67 bits per heavy atom. The number of nitrogens with zero attached hydrogens (tertiary/aromatic N) is 2. The summed E-state index contributed by atoms with van der Waals surface area (Å²) in [5.41, 5.74) is 2.15. The zero-order valence-corrected chi connectivity index (χ0v) is 17.5. The third kappa shape index (κ3) is 4.05. The standard InChI is InChI=1S/C22H16N2O4S2/c1-14-7-9-17(18(11-14)24(26)27)19-10-8-16(28-19)12-20-21(25)23(22(29)30-20)13-15-5-3-2-4-6-15/h2-12H,13H2,1H3/b20-12-. The van der Waals surface area contributed by atoms with Crippen molar-refractivity contribution < 1.29 is 14.1 Å². The molecule has 0 radical (unpaired) electrons. The first kappa shape index (κ1) is 20.1. The number of hydrogen-bond donors (Lipinski definition) is 0. The Kier molecular flexibility index (Phi) is 5.52. The van der Waals surface area contributed by atoms with Crippen LogP contribution < -0.4 is 0 Å². The van der Waals surface area contributed by atoms with E-state index in [1.54, 1.807) is 42.2 Å². The van der Waals surface area contributed by atoms with Gasteiger partial charge >= 0.3 is 0 Å². The molecule has 1 amide bonds. The molecular formula is C22H16N2O4S2. The number of nitro benzene ring substituents is 1. The normalized spacial score (nSPS) is 15.2. The molecule has 150 valence electrons. The molecule has 1 aliphatic rings. The van der Waals surface area contributed by atoms with Gasteiger partial charge in [-0.25, -0.2) is 0 Å². The monoisotopic (exact) mass is 436 g/mol. The molecule has 4 rings (SSSR count). The number of carbonyl (C=O) groups excluding carboxylic acids is 1. The maximum atomic E-state index is 12.8. The van der Waals surface area contributed by atoms with Crippen molar-refractivity contribution in [2.75, 3.05) is 0 Å². The molecule has 3 aromatic rings. The molecule has 0 spiro atoms. The van der Waals surface area contributed by atoms with Crippen LogP contribution in [0.15, 0.2) is 70.0 Å². The van der Waals surface area contributed by atoms with E-state index in [4.69, 9.17) is 16.6 Å². The number of carbonyl (C=O) groups is 1. The second kappa shape index (κ2) is 8.25. The molecule has 6 nitrogen and oxygen atoms in total. The van der Waals surface area contributed by atoms with Gasteiger partial charge in [0.25, 0.3) is 11.6 Å². The van der Waals surface area contributed by atoms with E-state index in [1.165, 1.54) is 17.8 Å². The van der Waals surface area contributed by atoms with E-state index >= 15 is 0 Å². The van der Waals surface area contributed by atoms with Crippen LogP contribution in [-0.2, 0) is 11.3 Å². The lowest BCUT2D eigenvalue weighted by Crippen LogP contribution is -2.27. The van der Waals surface area contributed by atoms with Gasteiger partial charge in [-0.05, 0) is 36.2 Å². The van der Waals surface area contributed by atoms with E-state index in [-0.39, 0.29) is 11.6 Å². The Labute approximate surface area is 182 Å². The quantitative estimate of drug-likeness (QED) is 0.225. The third-order valence-corrected chi connectivity index (χ3v) is 5.95. The van der Waals surface area contributed by atoms with Crippen LogP contribution in [0.5, 0.6) is 0 Å². The molecule has 1 aromatic heterocycles. The fourth-order valence-electron chi connectivity index (χ4n) is 3.11. The van der Waals surface area contributed by atoms with Crippen LogP contribution in [0.1, 0.15) is 16.9 Å². The Morgan fingerprint density at radius 2 is 1.93 bits per heavy atom. The first-order valence-electron chi connectivity index (χ1n) is 9.07. The predicted octanol–water partition coefficient (Wildman–Crippen LogP) is 5.56. The summed E-state index contributed by atoms with van der Waals surface area (Å²) in [6.45, 7) is 2.20. The Morgan fingerprint density at radius 1 is 1.17 bits per heavy atom. The van der Waals surface area contributed by atoms with E-state index in [0.29, 0.717) is 32.9 Å². The molecule has 8 heteroatoms. The lowest BCUT2D eigenvalue weighted by Gasteiger charge is -2.14. The van der Waals surface area contributed by atoms with E-state index in [9.17, 15) is 14.9 Å². The van der Waals surface area contributed by atoms with Crippen LogP contribution in [0.4, 0.5) is 5.69 Å². The van der Waals surface area contributed by atoms with Gasteiger partial charge < -0.3 is 4.42 Å². The second-order valence-electron chi connectivity index (χ2n) is 6.73. The molecule has 0 N–H and O–H groups in total. The molecule has 2 heterocycles. The number of thioether (sulfide) groups is 1. The minimum Gasteiger partial charge on any atom is -0.456 e. The smallest absolute Gasteiger partial charge is 0.280 e. The van der Waals surface area contributed by atoms with E-state index < -0.39 is 4.92 Å². The number of thiocarbonyl (C=S) groups is 1. The Bertz CT molecular complexity index is 1180. The molecule has 1 saturated heterocycles. The summed E-state index contributed by atoms with van der Waals surface area (Å²) in [5, 5.41) is 11.4. The molecule has 0 aliphatic carbocycles. The largest absolute Gasteiger partial charge is 0.456 e. The molecule has 30 heavy (non-hydrogen) atoms. The summed E-state index contributed by atoms with van der Waals surface area (Å²) in [5.74, 6) is 0.612. The number of rotatable bonds is 5. The Balaban J connectivity index is 1.58. The topological polar surface area (TPSA) is 76.6 Å². The molecule has 2 aromatic carbocycles. The van der Waals surface area contributed by atoms with Crippen molar-refractivity contribution >= 4 is 46.0 Å². The van der Waals surface area contributed by atoms with Gasteiger partial charge in [-0.3, -0.25) is 19.8 Å². The van der Waals surface area contributed by atoms with Crippen molar-refractivity contribution in [3.8, 4) is 11.3 Å². The molecule has 1 fully saturated rings. The van der Waals surface area contributed by atoms with Crippen molar-refractivity contribution in [1.29, 1.82) is 0 Å². The summed E-state index contributed by atoms with van der Waals surface area (Å²) in [6.07, 6.45) is 1.62. The highest BCUT2D eigenvalue weighted by atomic mass is 32.2.